The zero-order chi connectivity index (χ0) is 15.0. The molecule has 1 aliphatic carbocycles. The molecule has 116 valence electrons. The summed E-state index contributed by atoms with van der Waals surface area (Å²) in [6.45, 7) is 1.70. The highest BCUT2D eigenvalue weighted by Crippen LogP contribution is 2.29. The van der Waals surface area contributed by atoms with E-state index in [-0.39, 0.29) is 6.04 Å². The number of benzene rings is 1. The molecule has 1 aromatic carbocycles. The average Bonchev–Trinajstić information content (AvgIpc) is 3.26. The van der Waals surface area contributed by atoms with Crippen molar-refractivity contribution in [3.63, 3.8) is 0 Å². The number of rotatable bonds is 4. The number of hydrogen-bond donors (Lipinski definition) is 1. The first kappa shape index (κ1) is 14.9. The molecule has 3 rings (SSSR count). The van der Waals surface area contributed by atoms with Crippen LogP contribution in [0.15, 0.2) is 23.1 Å². The molecule has 0 radical (unpaired) electrons. The Bertz CT molecular complexity index is 624. The molecule has 0 bridgehead atoms. The maximum absolute atomic E-state index is 13.6. The molecule has 0 unspecified atom stereocenters. The standard InChI is InChI=1S/C14H18F2N2O2S/c15-10-1-4-13(16)14(9-10)21(19,20)17-11-5-7-18(8-6-11)12-2-3-12/h1,4,9,11-12,17H,2-3,5-8H2. The number of likely N-dealkylation sites (tertiary alicyclic amines) is 1. The van der Waals surface area contributed by atoms with Gasteiger partial charge in [-0.3, -0.25) is 0 Å². The second kappa shape index (κ2) is 5.62. The van der Waals surface area contributed by atoms with Crippen molar-refractivity contribution in [1.29, 1.82) is 0 Å². The van der Waals surface area contributed by atoms with Crippen LogP contribution in [0.3, 0.4) is 0 Å². The van der Waals surface area contributed by atoms with E-state index in [0.717, 1.165) is 31.3 Å². The van der Waals surface area contributed by atoms with Gasteiger partial charge in [0.15, 0.2) is 0 Å². The van der Waals surface area contributed by atoms with Crippen LogP contribution in [0, 0.1) is 11.6 Å². The molecule has 1 heterocycles. The van der Waals surface area contributed by atoms with E-state index in [1.165, 1.54) is 12.8 Å². The molecule has 21 heavy (non-hydrogen) atoms. The van der Waals surface area contributed by atoms with Gasteiger partial charge in [-0.1, -0.05) is 0 Å². The second-order valence-corrected chi connectivity index (χ2v) is 7.42. The smallest absolute Gasteiger partial charge is 0.243 e. The highest BCUT2D eigenvalue weighted by molar-refractivity contribution is 7.89. The van der Waals surface area contributed by atoms with Crippen molar-refractivity contribution in [3.8, 4) is 0 Å². The Morgan fingerprint density at radius 3 is 2.38 bits per heavy atom. The molecule has 4 nitrogen and oxygen atoms in total. The van der Waals surface area contributed by atoms with Crippen LogP contribution in [0.25, 0.3) is 0 Å². The Morgan fingerprint density at radius 1 is 1.10 bits per heavy atom. The van der Waals surface area contributed by atoms with Gasteiger partial charge >= 0.3 is 0 Å². The summed E-state index contributed by atoms with van der Waals surface area (Å²) in [5.41, 5.74) is 0. The van der Waals surface area contributed by atoms with E-state index in [9.17, 15) is 17.2 Å². The van der Waals surface area contributed by atoms with Gasteiger partial charge in [0.2, 0.25) is 10.0 Å². The van der Waals surface area contributed by atoms with Gasteiger partial charge in [0.1, 0.15) is 16.5 Å². The zero-order valence-corrected chi connectivity index (χ0v) is 12.4. The van der Waals surface area contributed by atoms with E-state index in [2.05, 4.69) is 9.62 Å². The van der Waals surface area contributed by atoms with Crippen molar-refractivity contribution in [1.82, 2.24) is 9.62 Å². The number of piperidine rings is 1. The first-order valence-electron chi connectivity index (χ1n) is 7.17. The number of nitrogens with zero attached hydrogens (tertiary/aromatic N) is 1. The largest absolute Gasteiger partial charge is 0.300 e. The van der Waals surface area contributed by atoms with Gasteiger partial charge in [-0.15, -0.1) is 0 Å². The fourth-order valence-corrected chi connectivity index (χ4v) is 4.18. The summed E-state index contributed by atoms with van der Waals surface area (Å²) in [6, 6.07) is 2.91. The van der Waals surface area contributed by atoms with Gasteiger partial charge in [0, 0.05) is 12.1 Å². The summed E-state index contributed by atoms with van der Waals surface area (Å²) in [4.78, 5) is 1.75. The van der Waals surface area contributed by atoms with Crippen LogP contribution in [0.2, 0.25) is 0 Å². The lowest BCUT2D eigenvalue weighted by Gasteiger charge is -2.32. The highest BCUT2D eigenvalue weighted by Gasteiger charge is 2.33. The summed E-state index contributed by atoms with van der Waals surface area (Å²) in [5, 5.41) is 0. The van der Waals surface area contributed by atoms with E-state index < -0.39 is 26.6 Å². The summed E-state index contributed by atoms with van der Waals surface area (Å²) < 4.78 is 53.6. The SMILES string of the molecule is O=S(=O)(NC1CCN(C2CC2)CC1)c1cc(F)ccc1F. The molecule has 0 atom stereocenters. The van der Waals surface area contributed by atoms with E-state index in [4.69, 9.17) is 0 Å². The summed E-state index contributed by atoms with van der Waals surface area (Å²) in [6.07, 6.45) is 3.86. The minimum absolute atomic E-state index is 0.215. The molecule has 1 aliphatic heterocycles. The molecule has 2 fully saturated rings. The topological polar surface area (TPSA) is 49.4 Å². The Kier molecular flexibility index (Phi) is 3.98. The van der Waals surface area contributed by atoms with Gasteiger partial charge < -0.3 is 4.90 Å². The van der Waals surface area contributed by atoms with E-state index in [1.807, 2.05) is 0 Å². The number of hydrogen-bond acceptors (Lipinski definition) is 3. The van der Waals surface area contributed by atoms with Gasteiger partial charge in [0.05, 0.1) is 0 Å². The average molecular weight is 316 g/mol. The molecule has 2 aliphatic rings. The van der Waals surface area contributed by atoms with E-state index in [0.29, 0.717) is 18.9 Å². The fourth-order valence-electron chi connectivity index (χ4n) is 2.79. The predicted octanol–water partition coefficient (Wildman–Crippen LogP) is 1.87. The first-order chi connectivity index (χ1) is 9.95. The third-order valence-corrected chi connectivity index (χ3v) is 5.63. The molecule has 1 aromatic rings. The quantitative estimate of drug-likeness (QED) is 0.922. The highest BCUT2D eigenvalue weighted by atomic mass is 32.2. The predicted molar refractivity (Wildman–Crippen MR) is 74.3 cm³/mol. The van der Waals surface area contributed by atoms with Crippen LogP contribution in [0.4, 0.5) is 8.78 Å². The fraction of sp³-hybridized carbons (Fsp3) is 0.571. The molecule has 7 heteroatoms. The third kappa shape index (κ3) is 3.41. The van der Waals surface area contributed by atoms with Crippen LogP contribution in [0.1, 0.15) is 25.7 Å². The lowest BCUT2D eigenvalue weighted by atomic mass is 10.1. The van der Waals surface area contributed by atoms with E-state index in [1.54, 1.807) is 0 Å². The van der Waals surface area contributed by atoms with Crippen molar-refractivity contribution >= 4 is 10.0 Å². The summed E-state index contributed by atoms with van der Waals surface area (Å²) in [7, 11) is -4.02. The molecule has 1 saturated heterocycles. The zero-order valence-electron chi connectivity index (χ0n) is 11.6. The first-order valence-corrected chi connectivity index (χ1v) is 8.65. The Balaban J connectivity index is 1.67. The minimum atomic E-state index is -4.02. The molecule has 1 N–H and O–H groups in total. The van der Waals surface area contributed by atoms with Crippen LogP contribution in [0.5, 0.6) is 0 Å². The lowest BCUT2D eigenvalue weighted by molar-refractivity contribution is 0.199. The Hall–Kier alpha value is -1.05. The number of halogens is 2. The monoisotopic (exact) mass is 316 g/mol. The maximum Gasteiger partial charge on any atom is 0.243 e. The molecule has 0 amide bonds. The van der Waals surface area contributed by atoms with Crippen molar-refractivity contribution in [2.75, 3.05) is 13.1 Å². The lowest BCUT2D eigenvalue weighted by Crippen LogP contribution is -2.45. The molecular weight excluding hydrogens is 298 g/mol. The number of nitrogens with one attached hydrogen (secondary N) is 1. The van der Waals surface area contributed by atoms with Gasteiger partial charge in [0.25, 0.3) is 0 Å². The van der Waals surface area contributed by atoms with Gasteiger partial charge in [-0.25, -0.2) is 21.9 Å². The third-order valence-electron chi connectivity index (χ3n) is 4.10. The molecular formula is C14H18F2N2O2S. The second-order valence-electron chi connectivity index (χ2n) is 5.74. The maximum atomic E-state index is 13.6. The van der Waals surface area contributed by atoms with E-state index >= 15 is 0 Å². The minimum Gasteiger partial charge on any atom is -0.300 e. The van der Waals surface area contributed by atoms with Crippen LogP contribution in [-0.4, -0.2) is 38.5 Å². The van der Waals surface area contributed by atoms with Crippen LogP contribution >= 0.6 is 0 Å². The van der Waals surface area contributed by atoms with Crippen molar-refractivity contribution in [2.45, 2.75) is 42.7 Å². The Labute approximate surface area is 123 Å². The normalized spacial score (nSPS) is 21.6. The molecule has 0 aromatic heterocycles. The van der Waals surface area contributed by atoms with Crippen LogP contribution < -0.4 is 4.72 Å². The molecule has 0 spiro atoms. The van der Waals surface area contributed by atoms with Crippen molar-refractivity contribution < 1.29 is 17.2 Å². The summed E-state index contributed by atoms with van der Waals surface area (Å²) in [5.74, 6) is -1.69. The van der Waals surface area contributed by atoms with Crippen molar-refractivity contribution in [3.05, 3.63) is 29.8 Å². The van der Waals surface area contributed by atoms with Crippen LogP contribution in [-0.2, 0) is 10.0 Å². The van der Waals surface area contributed by atoms with Gasteiger partial charge in [-0.2, -0.15) is 0 Å². The number of sulfonamides is 1. The Morgan fingerprint density at radius 2 is 1.76 bits per heavy atom. The van der Waals surface area contributed by atoms with Crippen molar-refractivity contribution in [2.24, 2.45) is 0 Å². The summed E-state index contributed by atoms with van der Waals surface area (Å²) >= 11 is 0. The molecule has 1 saturated carbocycles. The van der Waals surface area contributed by atoms with Gasteiger partial charge in [-0.05, 0) is 57.0 Å².